The lowest BCUT2D eigenvalue weighted by atomic mass is 9.96. The fraction of sp³-hybridized carbons (Fsp3) is 1.00. The molecule has 1 rings (SSSR count). The largest absolute Gasteiger partial charge is 0.393 e. The quantitative estimate of drug-likeness (QED) is 0.666. The van der Waals surface area contributed by atoms with Gasteiger partial charge in [-0.15, -0.1) is 0 Å². The Balaban J connectivity index is 2.29. The Kier molecular flexibility index (Phi) is 3.38. The molecule has 1 saturated carbocycles. The second-order valence-corrected chi connectivity index (χ2v) is 3.82. The van der Waals surface area contributed by atoms with E-state index in [-0.39, 0.29) is 6.10 Å². The first-order valence-corrected chi connectivity index (χ1v) is 4.96. The molecular formula is C10H20O. The van der Waals surface area contributed by atoms with Gasteiger partial charge >= 0.3 is 0 Å². The van der Waals surface area contributed by atoms with Crippen LogP contribution in [0.3, 0.4) is 0 Å². The summed E-state index contributed by atoms with van der Waals surface area (Å²) in [6.45, 7) is 4.33. The Hall–Kier alpha value is -0.0400. The summed E-state index contributed by atoms with van der Waals surface area (Å²) in [5.74, 6) is 1.52. The maximum Gasteiger partial charge on any atom is 0.0565 e. The van der Waals surface area contributed by atoms with E-state index in [1.165, 1.54) is 25.7 Å². The van der Waals surface area contributed by atoms with Crippen molar-refractivity contribution in [2.75, 3.05) is 0 Å². The molecule has 0 amide bonds. The third-order valence-electron chi connectivity index (χ3n) is 3.12. The van der Waals surface area contributed by atoms with Gasteiger partial charge in [-0.2, -0.15) is 0 Å². The molecule has 1 aliphatic carbocycles. The van der Waals surface area contributed by atoms with Crippen molar-refractivity contribution in [3.05, 3.63) is 0 Å². The lowest BCUT2D eigenvalue weighted by molar-refractivity contribution is 0.104. The summed E-state index contributed by atoms with van der Waals surface area (Å²) in [7, 11) is 0. The molecule has 11 heavy (non-hydrogen) atoms. The number of rotatable bonds is 3. The topological polar surface area (TPSA) is 20.2 Å². The molecule has 0 aromatic carbocycles. The van der Waals surface area contributed by atoms with Gasteiger partial charge in [-0.05, 0) is 31.1 Å². The Morgan fingerprint density at radius 3 is 2.55 bits per heavy atom. The van der Waals surface area contributed by atoms with Crippen LogP contribution >= 0.6 is 0 Å². The molecule has 0 aromatic heterocycles. The van der Waals surface area contributed by atoms with E-state index in [2.05, 4.69) is 13.8 Å². The summed E-state index contributed by atoms with van der Waals surface area (Å²) in [6.07, 6.45) is 6.08. The number of hydrogen-bond donors (Lipinski definition) is 1. The van der Waals surface area contributed by atoms with Gasteiger partial charge in [-0.25, -0.2) is 0 Å². The molecule has 1 fully saturated rings. The maximum absolute atomic E-state index is 9.57. The standard InChI is InChI=1S/C10H20O/c1-3-8-5-6-9(7-8)10(11)4-2/h8-11H,3-7H2,1-2H3/t8?,9?,10-/m1/s1. The zero-order chi connectivity index (χ0) is 8.27. The van der Waals surface area contributed by atoms with Gasteiger partial charge in [0, 0.05) is 0 Å². The van der Waals surface area contributed by atoms with E-state index in [0.717, 1.165) is 12.3 Å². The lowest BCUT2D eigenvalue weighted by Gasteiger charge is -2.15. The lowest BCUT2D eigenvalue weighted by Crippen LogP contribution is -2.16. The third-order valence-corrected chi connectivity index (χ3v) is 3.12. The molecule has 0 spiro atoms. The van der Waals surface area contributed by atoms with Crippen LogP contribution in [-0.2, 0) is 0 Å². The summed E-state index contributed by atoms with van der Waals surface area (Å²) in [5.41, 5.74) is 0. The maximum atomic E-state index is 9.57. The van der Waals surface area contributed by atoms with E-state index in [4.69, 9.17) is 0 Å². The normalized spacial score (nSPS) is 34.1. The van der Waals surface area contributed by atoms with E-state index in [1.54, 1.807) is 0 Å². The SMILES string of the molecule is CCC1CCC([C@H](O)CC)C1. The highest BCUT2D eigenvalue weighted by molar-refractivity contribution is 4.78. The molecule has 0 bridgehead atoms. The Labute approximate surface area is 69.8 Å². The van der Waals surface area contributed by atoms with E-state index in [0.29, 0.717) is 5.92 Å². The predicted molar refractivity (Wildman–Crippen MR) is 47.4 cm³/mol. The molecule has 0 heterocycles. The van der Waals surface area contributed by atoms with Crippen molar-refractivity contribution in [2.24, 2.45) is 11.8 Å². The van der Waals surface area contributed by atoms with Crippen molar-refractivity contribution in [3.63, 3.8) is 0 Å². The molecule has 0 radical (unpaired) electrons. The van der Waals surface area contributed by atoms with E-state index in [1.807, 2.05) is 0 Å². The second-order valence-electron chi connectivity index (χ2n) is 3.82. The molecule has 3 atom stereocenters. The molecule has 1 aliphatic rings. The number of aliphatic hydroxyl groups excluding tert-OH is 1. The van der Waals surface area contributed by atoms with Crippen molar-refractivity contribution in [2.45, 2.75) is 52.1 Å². The van der Waals surface area contributed by atoms with Gasteiger partial charge in [0.2, 0.25) is 0 Å². The van der Waals surface area contributed by atoms with E-state index >= 15 is 0 Å². The van der Waals surface area contributed by atoms with Crippen LogP contribution in [0.2, 0.25) is 0 Å². The molecule has 66 valence electrons. The fourth-order valence-electron chi connectivity index (χ4n) is 2.17. The van der Waals surface area contributed by atoms with Gasteiger partial charge in [-0.1, -0.05) is 26.7 Å². The Bertz CT molecular complexity index is 111. The van der Waals surface area contributed by atoms with Crippen LogP contribution in [0.15, 0.2) is 0 Å². The zero-order valence-electron chi connectivity index (χ0n) is 7.71. The summed E-state index contributed by atoms with van der Waals surface area (Å²) in [5, 5.41) is 9.57. The summed E-state index contributed by atoms with van der Waals surface area (Å²) in [4.78, 5) is 0. The van der Waals surface area contributed by atoms with Gasteiger partial charge in [-0.3, -0.25) is 0 Å². The zero-order valence-corrected chi connectivity index (χ0v) is 7.71. The molecule has 1 heteroatoms. The third kappa shape index (κ3) is 2.19. The van der Waals surface area contributed by atoms with Gasteiger partial charge < -0.3 is 5.11 Å². The summed E-state index contributed by atoms with van der Waals surface area (Å²) >= 11 is 0. The minimum absolute atomic E-state index is 0.0217. The first kappa shape index (κ1) is 9.05. The van der Waals surface area contributed by atoms with Crippen molar-refractivity contribution in [1.82, 2.24) is 0 Å². The van der Waals surface area contributed by atoms with Crippen molar-refractivity contribution in [3.8, 4) is 0 Å². The molecular weight excluding hydrogens is 136 g/mol. The molecule has 1 N–H and O–H groups in total. The molecule has 0 aromatic rings. The summed E-state index contributed by atoms with van der Waals surface area (Å²) < 4.78 is 0. The van der Waals surface area contributed by atoms with Crippen LogP contribution < -0.4 is 0 Å². The van der Waals surface area contributed by atoms with Crippen LogP contribution in [0.1, 0.15) is 46.0 Å². The smallest absolute Gasteiger partial charge is 0.0565 e. The highest BCUT2D eigenvalue weighted by Gasteiger charge is 2.27. The molecule has 2 unspecified atom stereocenters. The van der Waals surface area contributed by atoms with Gasteiger partial charge in [0.25, 0.3) is 0 Å². The van der Waals surface area contributed by atoms with Crippen LogP contribution in [0.4, 0.5) is 0 Å². The Morgan fingerprint density at radius 2 is 2.09 bits per heavy atom. The van der Waals surface area contributed by atoms with Crippen LogP contribution in [0, 0.1) is 11.8 Å². The van der Waals surface area contributed by atoms with Crippen LogP contribution in [0.5, 0.6) is 0 Å². The van der Waals surface area contributed by atoms with Gasteiger partial charge in [0.05, 0.1) is 6.10 Å². The first-order valence-electron chi connectivity index (χ1n) is 4.96. The summed E-state index contributed by atoms with van der Waals surface area (Å²) in [6, 6.07) is 0. The minimum Gasteiger partial charge on any atom is -0.393 e. The monoisotopic (exact) mass is 156 g/mol. The van der Waals surface area contributed by atoms with Gasteiger partial charge in [0.15, 0.2) is 0 Å². The minimum atomic E-state index is -0.0217. The van der Waals surface area contributed by atoms with Crippen molar-refractivity contribution >= 4 is 0 Å². The Morgan fingerprint density at radius 1 is 1.36 bits per heavy atom. The predicted octanol–water partition coefficient (Wildman–Crippen LogP) is 2.58. The highest BCUT2D eigenvalue weighted by atomic mass is 16.3. The number of hydrogen-bond acceptors (Lipinski definition) is 1. The molecule has 0 aliphatic heterocycles. The van der Waals surface area contributed by atoms with E-state index in [9.17, 15) is 5.11 Å². The van der Waals surface area contributed by atoms with Crippen LogP contribution in [0.25, 0.3) is 0 Å². The van der Waals surface area contributed by atoms with Crippen molar-refractivity contribution in [1.29, 1.82) is 0 Å². The molecule has 0 saturated heterocycles. The highest BCUT2D eigenvalue weighted by Crippen LogP contribution is 2.35. The molecule has 1 nitrogen and oxygen atoms in total. The number of aliphatic hydroxyl groups is 1. The van der Waals surface area contributed by atoms with Crippen LogP contribution in [-0.4, -0.2) is 11.2 Å². The van der Waals surface area contributed by atoms with Crippen molar-refractivity contribution < 1.29 is 5.11 Å². The average molecular weight is 156 g/mol. The van der Waals surface area contributed by atoms with E-state index < -0.39 is 0 Å². The second kappa shape index (κ2) is 4.10. The average Bonchev–Trinajstić information content (AvgIpc) is 2.50. The van der Waals surface area contributed by atoms with Gasteiger partial charge in [0.1, 0.15) is 0 Å². The first-order chi connectivity index (χ1) is 5.27. The fourth-order valence-corrected chi connectivity index (χ4v) is 2.17.